The van der Waals surface area contributed by atoms with Crippen LogP contribution in [0.15, 0.2) is 41.3 Å². The summed E-state index contributed by atoms with van der Waals surface area (Å²) in [5.41, 5.74) is 8.51. The molecule has 138 valence electrons. The minimum Gasteiger partial charge on any atom is -0.383 e. The van der Waals surface area contributed by atoms with Crippen molar-refractivity contribution in [3.63, 3.8) is 0 Å². The van der Waals surface area contributed by atoms with Crippen LogP contribution in [0, 0.1) is 5.92 Å². The largest absolute Gasteiger partial charge is 0.383 e. The topological polar surface area (TPSA) is 103 Å². The minimum absolute atomic E-state index is 0.0785. The lowest BCUT2D eigenvalue weighted by Crippen LogP contribution is -2.18. The Balaban J connectivity index is 1.74. The van der Waals surface area contributed by atoms with Crippen molar-refractivity contribution in [2.24, 2.45) is 18.7 Å². The maximum absolute atomic E-state index is 11.9. The van der Waals surface area contributed by atoms with E-state index < -0.39 is 5.91 Å². The van der Waals surface area contributed by atoms with E-state index in [4.69, 9.17) is 5.73 Å². The van der Waals surface area contributed by atoms with Crippen LogP contribution >= 0.6 is 0 Å². The van der Waals surface area contributed by atoms with Crippen molar-refractivity contribution < 1.29 is 4.79 Å². The summed E-state index contributed by atoms with van der Waals surface area (Å²) in [7, 11) is 1.71. The Bertz CT molecular complexity index is 1090. The number of amides is 1. The van der Waals surface area contributed by atoms with Crippen molar-refractivity contribution in [3.05, 3.63) is 52.6 Å². The van der Waals surface area contributed by atoms with Gasteiger partial charge in [0.1, 0.15) is 0 Å². The molecule has 1 aromatic carbocycles. The number of carbonyl (C=O) groups excluding carboxylic acids is 1. The number of rotatable bonds is 6. The number of nitrogens with one attached hydrogen (secondary N) is 1. The lowest BCUT2D eigenvalue weighted by atomic mass is 10.0. The Labute approximate surface area is 156 Å². The van der Waals surface area contributed by atoms with Gasteiger partial charge in [0.05, 0.1) is 11.2 Å². The molecule has 1 aliphatic carbocycles. The smallest absolute Gasteiger partial charge is 0.271 e. The molecule has 3 N–H and O–H groups in total. The van der Waals surface area contributed by atoms with E-state index in [1.165, 1.54) is 17.4 Å². The van der Waals surface area contributed by atoms with Gasteiger partial charge in [-0.3, -0.25) is 9.59 Å². The molecule has 7 nitrogen and oxygen atoms in total. The predicted molar refractivity (Wildman–Crippen MR) is 105 cm³/mol. The van der Waals surface area contributed by atoms with Crippen LogP contribution in [-0.2, 0) is 7.05 Å². The molecular weight excluding hydrogens is 342 g/mol. The number of hydrogen-bond acceptors (Lipinski definition) is 5. The van der Waals surface area contributed by atoms with E-state index in [-0.39, 0.29) is 11.3 Å². The van der Waals surface area contributed by atoms with E-state index in [0.717, 1.165) is 35.4 Å². The fourth-order valence-electron chi connectivity index (χ4n) is 3.17. The van der Waals surface area contributed by atoms with Gasteiger partial charge in [0.2, 0.25) is 0 Å². The molecule has 1 saturated carbocycles. The van der Waals surface area contributed by atoms with Crippen molar-refractivity contribution in [2.75, 3.05) is 11.9 Å². The summed E-state index contributed by atoms with van der Waals surface area (Å²) in [6, 6.07) is 9.13. The molecule has 0 radical (unpaired) electrons. The van der Waals surface area contributed by atoms with Gasteiger partial charge in [0.15, 0.2) is 5.69 Å². The third-order valence-corrected chi connectivity index (χ3v) is 4.98. The molecule has 0 atom stereocenters. The Kier molecular flexibility index (Phi) is 4.35. The number of nitrogens with two attached hydrogens (primary N) is 1. The average molecular weight is 363 g/mol. The van der Waals surface area contributed by atoms with Crippen molar-refractivity contribution in [1.29, 1.82) is 0 Å². The van der Waals surface area contributed by atoms with E-state index in [0.29, 0.717) is 11.2 Å². The first-order chi connectivity index (χ1) is 13.0. The second kappa shape index (κ2) is 6.83. The molecule has 1 aliphatic rings. The van der Waals surface area contributed by atoms with E-state index in [9.17, 15) is 9.59 Å². The first-order valence-electron chi connectivity index (χ1n) is 9.04. The molecule has 2 aromatic heterocycles. The van der Waals surface area contributed by atoms with Crippen LogP contribution < -0.4 is 16.6 Å². The van der Waals surface area contributed by atoms with Crippen LogP contribution in [0.3, 0.4) is 0 Å². The Morgan fingerprint density at radius 3 is 2.70 bits per heavy atom. The van der Waals surface area contributed by atoms with Crippen molar-refractivity contribution in [1.82, 2.24) is 14.8 Å². The summed E-state index contributed by atoms with van der Waals surface area (Å²) in [6.45, 7) is 0.766. The zero-order valence-electron chi connectivity index (χ0n) is 15.1. The van der Waals surface area contributed by atoms with Gasteiger partial charge in [-0.2, -0.15) is 0 Å². The Hall–Kier alpha value is -3.22. The summed E-state index contributed by atoms with van der Waals surface area (Å²) >= 11 is 0. The molecule has 0 aliphatic heterocycles. The highest BCUT2D eigenvalue weighted by Crippen LogP contribution is 2.33. The zero-order chi connectivity index (χ0) is 19.0. The van der Waals surface area contributed by atoms with E-state index in [1.807, 2.05) is 24.3 Å². The lowest BCUT2D eigenvalue weighted by Gasteiger charge is -2.13. The first kappa shape index (κ1) is 17.2. The van der Waals surface area contributed by atoms with E-state index >= 15 is 0 Å². The van der Waals surface area contributed by atoms with Crippen LogP contribution in [0.4, 0.5) is 5.69 Å². The number of pyridine rings is 1. The second-order valence-corrected chi connectivity index (χ2v) is 7.04. The molecule has 4 rings (SSSR count). The average Bonchev–Trinajstić information content (AvgIpc) is 3.47. The number of anilines is 1. The standard InChI is InChI=1S/C20H21N5O2/c1-25-9-7-14(11-17(25)26)13-4-5-15-16(10-13)23-24-19(20(21)27)18(15)22-8-6-12-2-3-12/h4-5,7,9-12H,2-3,6,8H2,1H3,(H2,21,27)(H,22,23). The molecule has 0 spiro atoms. The highest BCUT2D eigenvalue weighted by molar-refractivity contribution is 6.05. The van der Waals surface area contributed by atoms with Crippen LogP contribution in [-0.4, -0.2) is 27.2 Å². The van der Waals surface area contributed by atoms with Crippen LogP contribution in [0.25, 0.3) is 22.0 Å². The number of carbonyl (C=O) groups is 1. The summed E-state index contributed by atoms with van der Waals surface area (Å²) in [4.78, 5) is 23.7. The van der Waals surface area contributed by atoms with Crippen molar-refractivity contribution >= 4 is 22.5 Å². The molecular formula is C20H21N5O2. The number of fused-ring (bicyclic) bond motifs is 1. The number of aryl methyl sites for hydroxylation is 1. The molecule has 27 heavy (non-hydrogen) atoms. The maximum Gasteiger partial charge on any atom is 0.271 e. The highest BCUT2D eigenvalue weighted by Gasteiger charge is 2.21. The summed E-state index contributed by atoms with van der Waals surface area (Å²) < 4.78 is 1.52. The van der Waals surface area contributed by atoms with Crippen LogP contribution in [0.1, 0.15) is 29.8 Å². The fraction of sp³-hybridized carbons (Fsp3) is 0.300. The van der Waals surface area contributed by atoms with Gasteiger partial charge < -0.3 is 15.6 Å². The summed E-state index contributed by atoms with van der Waals surface area (Å²) in [6.07, 6.45) is 5.35. The molecule has 1 fully saturated rings. The second-order valence-electron chi connectivity index (χ2n) is 7.04. The quantitative estimate of drug-likeness (QED) is 0.699. The number of hydrogen-bond donors (Lipinski definition) is 2. The Morgan fingerprint density at radius 1 is 1.22 bits per heavy atom. The van der Waals surface area contributed by atoms with Crippen molar-refractivity contribution in [3.8, 4) is 11.1 Å². The molecule has 2 heterocycles. The number of benzene rings is 1. The minimum atomic E-state index is -0.603. The third-order valence-electron chi connectivity index (χ3n) is 4.98. The van der Waals surface area contributed by atoms with Crippen LogP contribution in [0.5, 0.6) is 0 Å². The number of nitrogens with zero attached hydrogens (tertiary/aromatic N) is 3. The van der Waals surface area contributed by atoms with Gasteiger partial charge in [0.25, 0.3) is 11.5 Å². The van der Waals surface area contributed by atoms with Gasteiger partial charge >= 0.3 is 0 Å². The third kappa shape index (κ3) is 3.53. The predicted octanol–water partition coefficient (Wildman–Crippen LogP) is 2.31. The maximum atomic E-state index is 11.9. The molecule has 7 heteroatoms. The summed E-state index contributed by atoms with van der Waals surface area (Å²) in [5.74, 6) is 0.178. The zero-order valence-corrected chi connectivity index (χ0v) is 15.1. The first-order valence-corrected chi connectivity index (χ1v) is 9.04. The molecule has 0 saturated heterocycles. The van der Waals surface area contributed by atoms with Gasteiger partial charge in [-0.05, 0) is 41.7 Å². The SMILES string of the molecule is Cn1ccc(-c2ccc3c(NCCC4CC4)c(C(N)=O)nnc3c2)cc1=O. The van der Waals surface area contributed by atoms with E-state index in [1.54, 1.807) is 19.3 Å². The van der Waals surface area contributed by atoms with Crippen molar-refractivity contribution in [2.45, 2.75) is 19.3 Å². The van der Waals surface area contributed by atoms with Gasteiger partial charge in [-0.1, -0.05) is 18.9 Å². The Morgan fingerprint density at radius 2 is 2.00 bits per heavy atom. The highest BCUT2D eigenvalue weighted by atomic mass is 16.1. The van der Waals surface area contributed by atoms with Gasteiger partial charge in [-0.15, -0.1) is 10.2 Å². The molecule has 3 aromatic rings. The lowest BCUT2D eigenvalue weighted by molar-refractivity contribution is 0.0995. The number of primary amides is 1. The van der Waals surface area contributed by atoms with Gasteiger partial charge in [-0.25, -0.2) is 0 Å². The van der Waals surface area contributed by atoms with Gasteiger partial charge in [0, 0.05) is 31.2 Å². The number of aromatic nitrogens is 3. The monoisotopic (exact) mass is 363 g/mol. The van der Waals surface area contributed by atoms with Crippen LogP contribution in [0.2, 0.25) is 0 Å². The molecule has 1 amide bonds. The summed E-state index contributed by atoms with van der Waals surface area (Å²) in [5, 5.41) is 12.3. The molecule has 0 unspecified atom stereocenters. The van der Waals surface area contributed by atoms with E-state index in [2.05, 4.69) is 15.5 Å². The fourth-order valence-corrected chi connectivity index (χ4v) is 3.17. The molecule has 0 bridgehead atoms. The normalized spacial score (nSPS) is 13.7.